The van der Waals surface area contributed by atoms with E-state index in [0.29, 0.717) is 0 Å². The van der Waals surface area contributed by atoms with E-state index in [0.717, 1.165) is 25.7 Å². The van der Waals surface area contributed by atoms with Crippen LogP contribution in [0.3, 0.4) is 0 Å². The van der Waals surface area contributed by atoms with Crippen LogP contribution in [0.2, 0.25) is 0 Å². The Morgan fingerprint density at radius 2 is 1.92 bits per heavy atom. The molecule has 1 N–H and O–H groups in total. The second kappa shape index (κ2) is 4.14. The van der Waals surface area contributed by atoms with Crippen molar-refractivity contribution in [3.8, 4) is 0 Å². The van der Waals surface area contributed by atoms with Gasteiger partial charge in [-0.05, 0) is 32.3 Å². The Kier molecular flexibility index (Phi) is 3.14. The average molecular weight is 170 g/mol. The molecule has 3 nitrogen and oxygen atoms in total. The van der Waals surface area contributed by atoms with Crippen LogP contribution in [0.25, 0.3) is 0 Å². The van der Waals surface area contributed by atoms with E-state index in [1.54, 1.807) is 0 Å². The molecule has 1 fully saturated rings. The highest BCUT2D eigenvalue weighted by Gasteiger charge is 2.17. The Labute approximate surface area is 72.0 Å². The van der Waals surface area contributed by atoms with Gasteiger partial charge in [0.15, 0.2) is 5.76 Å². The fraction of sp³-hybridized carbons (Fsp3) is 0.667. The zero-order chi connectivity index (χ0) is 8.97. The lowest BCUT2D eigenvalue weighted by Gasteiger charge is -2.22. The fourth-order valence-electron chi connectivity index (χ4n) is 1.43. The smallest absolute Gasteiger partial charge is 0.370 e. The Balaban J connectivity index is 2.29. The molecule has 12 heavy (non-hydrogen) atoms. The van der Waals surface area contributed by atoms with Crippen LogP contribution in [-0.4, -0.2) is 17.2 Å². The molecule has 0 spiro atoms. The molecule has 0 unspecified atom stereocenters. The third-order valence-corrected chi connectivity index (χ3v) is 2.10. The van der Waals surface area contributed by atoms with Gasteiger partial charge in [0, 0.05) is 0 Å². The fourth-order valence-corrected chi connectivity index (χ4v) is 1.43. The molecule has 0 radical (unpaired) electrons. The van der Waals surface area contributed by atoms with E-state index in [4.69, 9.17) is 9.84 Å². The number of ether oxygens (including phenoxy) is 1. The highest BCUT2D eigenvalue weighted by atomic mass is 16.5. The molecule has 0 aromatic rings. The maximum absolute atomic E-state index is 10.3. The van der Waals surface area contributed by atoms with Gasteiger partial charge in [-0.15, -0.1) is 0 Å². The van der Waals surface area contributed by atoms with Crippen molar-refractivity contribution in [2.24, 2.45) is 0 Å². The standard InChI is InChI=1S/C9H14O3/c1-7(9(10)11)12-8-5-3-2-4-6-8/h8H,1-6H2,(H,10,11). The summed E-state index contributed by atoms with van der Waals surface area (Å²) in [6.07, 6.45) is 5.52. The Hall–Kier alpha value is -0.990. The van der Waals surface area contributed by atoms with Gasteiger partial charge in [0.05, 0.1) is 6.10 Å². The lowest BCUT2D eigenvalue weighted by molar-refractivity contribution is -0.138. The van der Waals surface area contributed by atoms with Crippen molar-refractivity contribution in [3.63, 3.8) is 0 Å². The average Bonchev–Trinajstić information content (AvgIpc) is 2.06. The third-order valence-electron chi connectivity index (χ3n) is 2.10. The lowest BCUT2D eigenvalue weighted by Crippen LogP contribution is -2.18. The quantitative estimate of drug-likeness (QED) is 0.520. The van der Waals surface area contributed by atoms with E-state index < -0.39 is 5.97 Å². The summed E-state index contributed by atoms with van der Waals surface area (Å²) in [7, 11) is 0. The summed E-state index contributed by atoms with van der Waals surface area (Å²) >= 11 is 0. The van der Waals surface area contributed by atoms with E-state index in [-0.39, 0.29) is 11.9 Å². The van der Waals surface area contributed by atoms with Crippen molar-refractivity contribution in [2.75, 3.05) is 0 Å². The monoisotopic (exact) mass is 170 g/mol. The minimum atomic E-state index is -1.06. The molecular formula is C9H14O3. The summed E-state index contributed by atoms with van der Waals surface area (Å²) in [5.41, 5.74) is 0. The Morgan fingerprint density at radius 1 is 1.33 bits per heavy atom. The SMILES string of the molecule is C=C(OC1CCCCC1)C(=O)O. The van der Waals surface area contributed by atoms with Gasteiger partial charge < -0.3 is 9.84 Å². The van der Waals surface area contributed by atoms with E-state index in [9.17, 15) is 4.79 Å². The van der Waals surface area contributed by atoms with Crippen molar-refractivity contribution < 1.29 is 14.6 Å². The van der Waals surface area contributed by atoms with Crippen LogP contribution in [0.1, 0.15) is 32.1 Å². The summed E-state index contributed by atoms with van der Waals surface area (Å²) in [6, 6.07) is 0. The topological polar surface area (TPSA) is 46.5 Å². The van der Waals surface area contributed by atoms with E-state index in [1.165, 1.54) is 6.42 Å². The molecule has 3 heteroatoms. The molecule has 0 aromatic carbocycles. The van der Waals surface area contributed by atoms with Crippen LogP contribution < -0.4 is 0 Å². The molecule has 0 saturated heterocycles. The highest BCUT2D eigenvalue weighted by Crippen LogP contribution is 2.21. The summed E-state index contributed by atoms with van der Waals surface area (Å²) in [4.78, 5) is 10.3. The first-order valence-electron chi connectivity index (χ1n) is 4.29. The number of hydrogen-bond acceptors (Lipinski definition) is 2. The number of hydrogen-bond donors (Lipinski definition) is 1. The van der Waals surface area contributed by atoms with E-state index in [1.807, 2.05) is 0 Å². The Morgan fingerprint density at radius 3 is 2.42 bits per heavy atom. The normalized spacial score (nSPS) is 18.7. The van der Waals surface area contributed by atoms with Crippen molar-refractivity contribution in [1.29, 1.82) is 0 Å². The largest absolute Gasteiger partial charge is 0.484 e. The first-order chi connectivity index (χ1) is 5.70. The van der Waals surface area contributed by atoms with Crippen molar-refractivity contribution in [2.45, 2.75) is 38.2 Å². The molecule has 1 aliphatic rings. The molecule has 1 saturated carbocycles. The molecule has 68 valence electrons. The summed E-state index contributed by atoms with van der Waals surface area (Å²) in [5.74, 6) is -1.18. The van der Waals surface area contributed by atoms with Gasteiger partial charge in [0.1, 0.15) is 0 Å². The first-order valence-corrected chi connectivity index (χ1v) is 4.29. The van der Waals surface area contributed by atoms with Gasteiger partial charge in [-0.2, -0.15) is 0 Å². The van der Waals surface area contributed by atoms with Crippen LogP contribution >= 0.6 is 0 Å². The van der Waals surface area contributed by atoms with Crippen LogP contribution in [0.5, 0.6) is 0 Å². The predicted octanol–water partition coefficient (Wildman–Crippen LogP) is 1.93. The number of rotatable bonds is 3. The van der Waals surface area contributed by atoms with Gasteiger partial charge in [-0.1, -0.05) is 6.42 Å². The molecule has 0 heterocycles. The third kappa shape index (κ3) is 2.57. The van der Waals surface area contributed by atoms with Crippen molar-refractivity contribution in [3.05, 3.63) is 12.3 Å². The molecule has 1 rings (SSSR count). The molecule has 0 atom stereocenters. The Bertz CT molecular complexity index is 180. The predicted molar refractivity (Wildman–Crippen MR) is 44.7 cm³/mol. The lowest BCUT2D eigenvalue weighted by atomic mass is 9.98. The summed E-state index contributed by atoms with van der Waals surface area (Å²) in [5, 5.41) is 8.49. The van der Waals surface area contributed by atoms with Crippen LogP contribution in [0, 0.1) is 0 Å². The van der Waals surface area contributed by atoms with Crippen LogP contribution in [0.4, 0.5) is 0 Å². The van der Waals surface area contributed by atoms with Crippen LogP contribution in [-0.2, 0) is 9.53 Å². The van der Waals surface area contributed by atoms with Gasteiger partial charge in [-0.3, -0.25) is 0 Å². The minimum absolute atomic E-state index is 0.0855. The van der Waals surface area contributed by atoms with Gasteiger partial charge in [0.25, 0.3) is 0 Å². The molecule has 0 aromatic heterocycles. The zero-order valence-electron chi connectivity index (χ0n) is 7.08. The zero-order valence-corrected chi connectivity index (χ0v) is 7.08. The second-order valence-corrected chi connectivity index (χ2v) is 3.11. The maximum atomic E-state index is 10.3. The molecule has 0 aliphatic heterocycles. The van der Waals surface area contributed by atoms with Gasteiger partial charge >= 0.3 is 5.97 Å². The number of aliphatic carboxylic acids is 1. The minimum Gasteiger partial charge on any atom is -0.484 e. The number of carbonyl (C=O) groups is 1. The summed E-state index contributed by atoms with van der Waals surface area (Å²) < 4.78 is 5.16. The van der Waals surface area contributed by atoms with Crippen LogP contribution in [0.15, 0.2) is 12.3 Å². The van der Waals surface area contributed by atoms with Gasteiger partial charge in [-0.25, -0.2) is 4.79 Å². The van der Waals surface area contributed by atoms with E-state index >= 15 is 0 Å². The molecule has 0 bridgehead atoms. The molecule has 0 amide bonds. The first kappa shape index (κ1) is 9.10. The van der Waals surface area contributed by atoms with Crippen molar-refractivity contribution in [1.82, 2.24) is 0 Å². The highest BCUT2D eigenvalue weighted by molar-refractivity contribution is 5.83. The number of carboxylic acids is 1. The number of carboxylic acid groups (broad SMARTS) is 1. The van der Waals surface area contributed by atoms with Crippen molar-refractivity contribution >= 4 is 5.97 Å². The summed E-state index contributed by atoms with van der Waals surface area (Å²) in [6.45, 7) is 3.33. The molecular weight excluding hydrogens is 156 g/mol. The second-order valence-electron chi connectivity index (χ2n) is 3.11. The maximum Gasteiger partial charge on any atom is 0.370 e. The van der Waals surface area contributed by atoms with Gasteiger partial charge in [0.2, 0.25) is 0 Å². The van der Waals surface area contributed by atoms with E-state index in [2.05, 4.69) is 6.58 Å². The molecule has 1 aliphatic carbocycles.